The van der Waals surface area contributed by atoms with Crippen molar-refractivity contribution < 1.29 is 59.0 Å². The fraction of sp³-hybridized carbons (Fsp3) is 0.500. The lowest BCUT2D eigenvalue weighted by atomic mass is 9.54. The summed E-state index contributed by atoms with van der Waals surface area (Å²) in [7, 11) is 0. The van der Waals surface area contributed by atoms with Gasteiger partial charge in [-0.25, -0.2) is 4.79 Å². The zero-order valence-corrected chi connectivity index (χ0v) is 24.9. The van der Waals surface area contributed by atoms with Crippen molar-refractivity contribution in [2.24, 2.45) is 10.8 Å². The molecule has 0 fully saturated rings. The Morgan fingerprint density at radius 2 is 0.929 bits per heavy atom. The number of hydrogen-bond donors (Lipinski definition) is 5. The third kappa shape index (κ3) is 6.64. The van der Waals surface area contributed by atoms with Gasteiger partial charge in [0.15, 0.2) is 11.6 Å². The SMILES string of the molecule is C=C(C)C(=O)OC(C(=O)C(=C)C)(C(=O)C(=C)C)C(CO)(COCC(CO)(CO)CO)C(O)(C(=O)C(=C)C)C(=O)C(=C)C. The van der Waals surface area contributed by atoms with E-state index in [1.807, 2.05) is 0 Å². The van der Waals surface area contributed by atoms with Gasteiger partial charge in [0, 0.05) is 5.57 Å². The highest BCUT2D eigenvalue weighted by Gasteiger charge is 2.76. The van der Waals surface area contributed by atoms with E-state index in [1.54, 1.807) is 0 Å². The van der Waals surface area contributed by atoms with E-state index in [4.69, 9.17) is 9.47 Å². The number of esters is 1. The maximum atomic E-state index is 14.1. The first-order chi connectivity index (χ1) is 19.2. The van der Waals surface area contributed by atoms with Gasteiger partial charge >= 0.3 is 5.97 Å². The van der Waals surface area contributed by atoms with Crippen LogP contribution < -0.4 is 0 Å². The van der Waals surface area contributed by atoms with Crippen LogP contribution in [0.4, 0.5) is 0 Å². The number of aliphatic hydroxyl groups is 5. The summed E-state index contributed by atoms with van der Waals surface area (Å²) < 4.78 is 11.1. The molecule has 0 aromatic carbocycles. The van der Waals surface area contributed by atoms with Gasteiger partial charge in [-0.15, -0.1) is 0 Å². The molecule has 1 unspecified atom stereocenters. The molecule has 0 bridgehead atoms. The van der Waals surface area contributed by atoms with E-state index in [1.165, 1.54) is 0 Å². The summed E-state index contributed by atoms with van der Waals surface area (Å²) in [5.41, 5.74) is -14.3. The molecule has 234 valence electrons. The van der Waals surface area contributed by atoms with Gasteiger partial charge in [0.25, 0.3) is 0 Å². The minimum absolute atomic E-state index is 0.364. The van der Waals surface area contributed by atoms with Crippen molar-refractivity contribution in [3.63, 3.8) is 0 Å². The van der Waals surface area contributed by atoms with Crippen LogP contribution in [-0.4, -0.2) is 105 Å². The zero-order valence-electron chi connectivity index (χ0n) is 24.9. The van der Waals surface area contributed by atoms with E-state index >= 15 is 0 Å². The number of carbonyl (C=O) groups is 5. The van der Waals surface area contributed by atoms with Gasteiger partial charge in [-0.1, -0.05) is 32.9 Å². The van der Waals surface area contributed by atoms with Crippen LogP contribution in [-0.2, 0) is 33.4 Å². The summed E-state index contributed by atoms with van der Waals surface area (Å²) >= 11 is 0. The van der Waals surface area contributed by atoms with Crippen LogP contribution >= 0.6 is 0 Å². The van der Waals surface area contributed by atoms with Crippen LogP contribution in [0.3, 0.4) is 0 Å². The molecule has 12 nitrogen and oxygen atoms in total. The van der Waals surface area contributed by atoms with Crippen LogP contribution in [0, 0.1) is 10.8 Å². The lowest BCUT2D eigenvalue weighted by Gasteiger charge is -2.53. The largest absolute Gasteiger partial charge is 0.438 e. The fourth-order valence-electron chi connectivity index (χ4n) is 4.17. The predicted octanol–water partition coefficient (Wildman–Crippen LogP) is 0.115. The van der Waals surface area contributed by atoms with Gasteiger partial charge < -0.3 is 35.0 Å². The van der Waals surface area contributed by atoms with Crippen molar-refractivity contribution in [2.45, 2.75) is 45.8 Å². The lowest BCUT2D eigenvalue weighted by Crippen LogP contribution is -2.78. The second-order valence-electron chi connectivity index (χ2n) is 10.7. The molecule has 12 heteroatoms. The first-order valence-corrected chi connectivity index (χ1v) is 12.6. The third-order valence-corrected chi connectivity index (χ3v) is 6.84. The van der Waals surface area contributed by atoms with Crippen LogP contribution in [0.25, 0.3) is 0 Å². The predicted molar refractivity (Wildman–Crippen MR) is 152 cm³/mol. The number of ether oxygens (including phenoxy) is 2. The summed E-state index contributed by atoms with van der Waals surface area (Å²) in [6.07, 6.45) is 0. The number of ketones is 4. The maximum Gasteiger partial charge on any atom is 0.334 e. The second-order valence-corrected chi connectivity index (χ2v) is 10.7. The molecule has 0 rings (SSSR count). The van der Waals surface area contributed by atoms with Crippen LogP contribution in [0.1, 0.15) is 34.6 Å². The fourth-order valence-corrected chi connectivity index (χ4v) is 4.17. The van der Waals surface area contributed by atoms with Crippen molar-refractivity contribution in [1.29, 1.82) is 0 Å². The van der Waals surface area contributed by atoms with Gasteiger partial charge in [0.2, 0.25) is 22.8 Å². The van der Waals surface area contributed by atoms with E-state index in [9.17, 15) is 49.5 Å². The molecule has 0 aliphatic heterocycles. The quantitative estimate of drug-likeness (QED) is 0.0724. The molecule has 0 radical (unpaired) electrons. The summed E-state index contributed by atoms with van der Waals surface area (Å²) in [5, 5.41) is 52.7. The third-order valence-electron chi connectivity index (χ3n) is 6.84. The molecule has 0 aliphatic carbocycles. The number of carbonyl (C=O) groups excluding carboxylic acids is 5. The van der Waals surface area contributed by atoms with E-state index in [0.717, 1.165) is 34.6 Å². The molecule has 42 heavy (non-hydrogen) atoms. The molecule has 0 saturated heterocycles. The highest BCUT2D eigenvalue weighted by Crippen LogP contribution is 2.50. The Morgan fingerprint density at radius 1 is 0.571 bits per heavy atom. The number of aliphatic hydroxyl groups excluding tert-OH is 4. The number of rotatable bonds is 20. The van der Waals surface area contributed by atoms with Crippen molar-refractivity contribution in [3.05, 3.63) is 60.8 Å². The summed E-state index contributed by atoms with van der Waals surface area (Å²) in [6.45, 7) is 16.7. The van der Waals surface area contributed by atoms with Gasteiger partial charge in [0.05, 0.1) is 45.1 Å². The topological polar surface area (TPSA) is 205 Å². The molecule has 0 spiro atoms. The van der Waals surface area contributed by atoms with Crippen molar-refractivity contribution >= 4 is 29.1 Å². The lowest BCUT2D eigenvalue weighted by molar-refractivity contribution is -0.230. The molecular weight excluding hydrogens is 552 g/mol. The Morgan fingerprint density at radius 3 is 1.19 bits per heavy atom. The Balaban J connectivity index is 8.57. The number of hydrogen-bond acceptors (Lipinski definition) is 12. The van der Waals surface area contributed by atoms with E-state index in [-0.39, 0.29) is 5.57 Å². The molecule has 5 N–H and O–H groups in total. The molecule has 1 atom stereocenters. The van der Waals surface area contributed by atoms with Gasteiger partial charge in [-0.2, -0.15) is 0 Å². The summed E-state index contributed by atoms with van der Waals surface area (Å²) in [5.74, 6) is -7.28. The molecule has 0 aliphatic rings. The molecule has 0 amide bonds. The highest BCUT2D eigenvalue weighted by molar-refractivity contribution is 6.28. The molecule has 0 aromatic rings. The summed E-state index contributed by atoms with van der Waals surface area (Å²) in [6, 6.07) is 0. The van der Waals surface area contributed by atoms with Gasteiger partial charge in [0.1, 0.15) is 5.41 Å². The number of Topliss-reactive ketones (excluding diaryl/α,β-unsaturated/α-hetero) is 4. The van der Waals surface area contributed by atoms with Crippen LogP contribution in [0.15, 0.2) is 60.8 Å². The smallest absolute Gasteiger partial charge is 0.334 e. The first-order valence-electron chi connectivity index (χ1n) is 12.6. The molecule has 0 heterocycles. The van der Waals surface area contributed by atoms with Crippen molar-refractivity contribution in [2.75, 3.05) is 39.6 Å². The zero-order chi connectivity index (χ0) is 33.4. The van der Waals surface area contributed by atoms with Crippen LogP contribution in [0.5, 0.6) is 0 Å². The average Bonchev–Trinajstić information content (AvgIpc) is 2.94. The monoisotopic (exact) mass is 594 g/mol. The standard InChI is InChI=1S/C30H42O12/c1-17(2)22(35)29(40,23(36)18(3)4)28(14-34,16-41-15-27(11-31,12-32)13-33)30(24(37)19(5)6,25(38)20(7)8)42-26(39)21(9)10/h31-34,40H,1,3,5,7,9,11-16H2,2,4,6,8,10H3. The normalized spacial score (nSPS) is 13.4. The Bertz CT molecular complexity index is 1130. The van der Waals surface area contributed by atoms with E-state index < -0.39 is 113 Å². The Labute approximate surface area is 245 Å². The first kappa shape index (κ1) is 38.6. The second kappa shape index (κ2) is 14.7. The Kier molecular flexibility index (Phi) is 13.5. The van der Waals surface area contributed by atoms with Gasteiger partial charge in [-0.3, -0.25) is 19.2 Å². The van der Waals surface area contributed by atoms with Crippen LogP contribution in [0.2, 0.25) is 0 Å². The minimum Gasteiger partial charge on any atom is -0.438 e. The van der Waals surface area contributed by atoms with E-state index in [0.29, 0.717) is 0 Å². The highest BCUT2D eigenvalue weighted by atomic mass is 16.6. The minimum atomic E-state index is -3.63. The molecule has 0 saturated carbocycles. The molecular formula is C30H42O12. The van der Waals surface area contributed by atoms with Crippen molar-refractivity contribution in [3.8, 4) is 0 Å². The summed E-state index contributed by atoms with van der Waals surface area (Å²) in [4.78, 5) is 68.8. The van der Waals surface area contributed by atoms with Gasteiger partial charge in [-0.05, 0) is 56.9 Å². The van der Waals surface area contributed by atoms with E-state index in [2.05, 4.69) is 32.9 Å². The molecule has 0 aromatic heterocycles. The Hall–Kier alpha value is -3.39. The van der Waals surface area contributed by atoms with Crippen molar-refractivity contribution in [1.82, 2.24) is 0 Å². The maximum absolute atomic E-state index is 14.1. The average molecular weight is 595 g/mol.